The Labute approximate surface area is 143 Å². The van der Waals surface area contributed by atoms with Gasteiger partial charge in [-0.15, -0.1) is 0 Å². The zero-order valence-electron chi connectivity index (χ0n) is 13.8. The second kappa shape index (κ2) is 7.00. The maximum Gasteiger partial charge on any atom is 0.417 e. The number of piperazine rings is 1. The van der Waals surface area contributed by atoms with Crippen LogP contribution in [0.25, 0.3) is 0 Å². The third-order valence-corrected chi connectivity index (χ3v) is 4.33. The maximum absolute atomic E-state index is 13.0. The van der Waals surface area contributed by atoms with Crippen LogP contribution < -0.4 is 10.2 Å². The highest BCUT2D eigenvalue weighted by atomic mass is 19.4. The highest BCUT2D eigenvalue weighted by Crippen LogP contribution is 2.31. The van der Waals surface area contributed by atoms with Crippen molar-refractivity contribution in [2.45, 2.75) is 25.6 Å². The molecule has 25 heavy (non-hydrogen) atoms. The van der Waals surface area contributed by atoms with Crippen LogP contribution >= 0.6 is 0 Å². The van der Waals surface area contributed by atoms with E-state index in [0.29, 0.717) is 31.0 Å². The van der Waals surface area contributed by atoms with Crippen molar-refractivity contribution >= 4 is 5.82 Å². The number of benzene rings is 1. The summed E-state index contributed by atoms with van der Waals surface area (Å²) in [6.07, 6.45) is -2.78. The van der Waals surface area contributed by atoms with Gasteiger partial charge in [-0.3, -0.25) is 0 Å². The fourth-order valence-corrected chi connectivity index (χ4v) is 3.11. The minimum absolute atomic E-state index is 0.128. The Balaban J connectivity index is 1.72. The number of halogens is 4. The Morgan fingerprint density at radius 1 is 1.24 bits per heavy atom. The third-order valence-electron chi connectivity index (χ3n) is 4.33. The second-order valence-electron chi connectivity index (χ2n) is 6.29. The molecule has 1 atom stereocenters. The highest BCUT2D eigenvalue weighted by Gasteiger charge is 2.32. The molecule has 1 saturated heterocycles. The molecule has 1 aliphatic heterocycles. The molecule has 0 radical (unpaired) electrons. The molecule has 1 fully saturated rings. The van der Waals surface area contributed by atoms with Crippen molar-refractivity contribution in [3.63, 3.8) is 0 Å². The van der Waals surface area contributed by atoms with Crippen molar-refractivity contribution in [1.82, 2.24) is 10.3 Å². The molecule has 7 heteroatoms. The predicted molar refractivity (Wildman–Crippen MR) is 88.1 cm³/mol. The minimum atomic E-state index is -4.38. The molecule has 3 nitrogen and oxygen atoms in total. The average molecular weight is 353 g/mol. The van der Waals surface area contributed by atoms with E-state index in [1.54, 1.807) is 19.1 Å². The average Bonchev–Trinajstić information content (AvgIpc) is 2.56. The first-order chi connectivity index (χ1) is 11.8. The Kier molecular flexibility index (Phi) is 4.94. The monoisotopic (exact) mass is 353 g/mol. The van der Waals surface area contributed by atoms with Gasteiger partial charge < -0.3 is 10.2 Å². The molecule has 0 bridgehead atoms. The molecule has 1 N–H and O–H groups in total. The summed E-state index contributed by atoms with van der Waals surface area (Å²) in [6.45, 7) is 3.68. The molecule has 2 heterocycles. The van der Waals surface area contributed by atoms with Gasteiger partial charge >= 0.3 is 6.18 Å². The van der Waals surface area contributed by atoms with Gasteiger partial charge in [0.05, 0.1) is 5.56 Å². The molecule has 0 amide bonds. The van der Waals surface area contributed by atoms with Crippen LogP contribution in [0.3, 0.4) is 0 Å². The third kappa shape index (κ3) is 4.28. The number of pyridine rings is 1. The van der Waals surface area contributed by atoms with E-state index in [-0.39, 0.29) is 11.9 Å². The lowest BCUT2D eigenvalue weighted by atomic mass is 10.0. The number of aryl methyl sites for hydroxylation is 1. The van der Waals surface area contributed by atoms with Crippen molar-refractivity contribution in [2.75, 3.05) is 24.5 Å². The molecule has 1 unspecified atom stereocenters. The maximum atomic E-state index is 13.0. The van der Waals surface area contributed by atoms with Crippen LogP contribution in [-0.2, 0) is 12.6 Å². The number of aromatic nitrogens is 1. The highest BCUT2D eigenvalue weighted by molar-refractivity contribution is 5.48. The Hall–Kier alpha value is -2.15. The van der Waals surface area contributed by atoms with Gasteiger partial charge in [0.1, 0.15) is 11.6 Å². The Morgan fingerprint density at radius 2 is 1.96 bits per heavy atom. The van der Waals surface area contributed by atoms with E-state index in [1.165, 1.54) is 12.1 Å². The first-order valence-corrected chi connectivity index (χ1v) is 8.09. The van der Waals surface area contributed by atoms with Crippen LogP contribution in [0.4, 0.5) is 23.4 Å². The Morgan fingerprint density at radius 3 is 2.60 bits per heavy atom. The number of hydrogen-bond donors (Lipinski definition) is 1. The zero-order valence-corrected chi connectivity index (χ0v) is 13.8. The van der Waals surface area contributed by atoms with Crippen molar-refractivity contribution in [3.05, 3.63) is 59.0 Å². The molecule has 1 aliphatic rings. The summed E-state index contributed by atoms with van der Waals surface area (Å²) in [4.78, 5) is 6.05. The molecule has 1 aromatic carbocycles. The van der Waals surface area contributed by atoms with Crippen LogP contribution in [0.5, 0.6) is 0 Å². The minimum Gasteiger partial charge on any atom is -0.354 e. The number of rotatable bonds is 3. The molecule has 134 valence electrons. The van der Waals surface area contributed by atoms with Gasteiger partial charge in [0.15, 0.2) is 0 Å². The van der Waals surface area contributed by atoms with Crippen molar-refractivity contribution < 1.29 is 17.6 Å². The molecule has 0 spiro atoms. The summed E-state index contributed by atoms with van der Waals surface area (Å²) >= 11 is 0. The van der Waals surface area contributed by atoms with Crippen LogP contribution in [0.1, 0.15) is 16.7 Å². The fourth-order valence-electron chi connectivity index (χ4n) is 3.11. The number of anilines is 1. The summed E-state index contributed by atoms with van der Waals surface area (Å²) < 4.78 is 51.4. The molecule has 2 aromatic rings. The van der Waals surface area contributed by atoms with Crippen LogP contribution in [-0.4, -0.2) is 30.7 Å². The number of nitrogens with one attached hydrogen (secondary N) is 1. The topological polar surface area (TPSA) is 28.2 Å². The summed E-state index contributed by atoms with van der Waals surface area (Å²) in [6, 6.07) is 7.62. The smallest absolute Gasteiger partial charge is 0.354 e. The lowest BCUT2D eigenvalue weighted by Crippen LogP contribution is -2.52. The SMILES string of the molecule is Cc1cc(C(F)(F)F)cnc1N1CCNC(Cc2ccc(F)cc2)C1. The lowest BCUT2D eigenvalue weighted by Gasteiger charge is -2.35. The molecule has 0 aliphatic carbocycles. The van der Waals surface area contributed by atoms with Gasteiger partial charge in [-0.2, -0.15) is 13.2 Å². The van der Waals surface area contributed by atoms with Crippen LogP contribution in [0, 0.1) is 12.7 Å². The fraction of sp³-hybridized carbons (Fsp3) is 0.389. The first-order valence-electron chi connectivity index (χ1n) is 8.09. The van der Waals surface area contributed by atoms with E-state index in [1.807, 2.05) is 4.90 Å². The quantitative estimate of drug-likeness (QED) is 0.855. The normalized spacial score (nSPS) is 18.4. The van der Waals surface area contributed by atoms with E-state index < -0.39 is 11.7 Å². The molecule has 0 saturated carbocycles. The van der Waals surface area contributed by atoms with E-state index in [9.17, 15) is 17.6 Å². The van der Waals surface area contributed by atoms with E-state index in [2.05, 4.69) is 10.3 Å². The molecular formula is C18H19F4N3. The Bertz CT molecular complexity index is 728. The largest absolute Gasteiger partial charge is 0.417 e. The summed E-state index contributed by atoms with van der Waals surface area (Å²) in [5.74, 6) is 0.310. The second-order valence-corrected chi connectivity index (χ2v) is 6.29. The van der Waals surface area contributed by atoms with Gasteiger partial charge in [0.2, 0.25) is 0 Å². The van der Waals surface area contributed by atoms with Gasteiger partial charge in [0, 0.05) is 31.9 Å². The lowest BCUT2D eigenvalue weighted by molar-refractivity contribution is -0.137. The van der Waals surface area contributed by atoms with E-state index >= 15 is 0 Å². The van der Waals surface area contributed by atoms with Gasteiger partial charge in [-0.25, -0.2) is 9.37 Å². The van der Waals surface area contributed by atoms with E-state index in [4.69, 9.17) is 0 Å². The summed E-state index contributed by atoms with van der Waals surface area (Å²) in [5.41, 5.74) is 0.793. The molecular weight excluding hydrogens is 334 g/mol. The summed E-state index contributed by atoms with van der Waals surface area (Å²) in [7, 11) is 0. The van der Waals surface area contributed by atoms with Crippen LogP contribution in [0.15, 0.2) is 36.5 Å². The van der Waals surface area contributed by atoms with Crippen LogP contribution in [0.2, 0.25) is 0 Å². The standard InChI is InChI=1S/C18H19F4N3/c1-12-8-14(18(20,21)22)10-24-17(12)25-7-6-23-16(11-25)9-13-2-4-15(19)5-3-13/h2-5,8,10,16,23H,6-7,9,11H2,1H3. The number of nitrogens with zero attached hydrogens (tertiary/aromatic N) is 2. The predicted octanol–water partition coefficient (Wildman–Crippen LogP) is 3.57. The first kappa shape index (κ1) is 17.7. The number of alkyl halides is 3. The van der Waals surface area contributed by atoms with Crippen molar-refractivity contribution in [1.29, 1.82) is 0 Å². The molecule has 3 rings (SSSR count). The zero-order chi connectivity index (χ0) is 18.0. The van der Waals surface area contributed by atoms with Gasteiger partial charge in [-0.05, 0) is 42.7 Å². The van der Waals surface area contributed by atoms with Crippen molar-refractivity contribution in [3.8, 4) is 0 Å². The van der Waals surface area contributed by atoms with E-state index in [0.717, 1.165) is 24.2 Å². The summed E-state index contributed by atoms with van der Waals surface area (Å²) in [5, 5.41) is 3.39. The molecule has 1 aromatic heterocycles. The van der Waals surface area contributed by atoms with Gasteiger partial charge in [-0.1, -0.05) is 12.1 Å². The van der Waals surface area contributed by atoms with Crippen molar-refractivity contribution in [2.24, 2.45) is 0 Å². The van der Waals surface area contributed by atoms with Gasteiger partial charge in [0.25, 0.3) is 0 Å². The number of hydrogen-bond acceptors (Lipinski definition) is 3.